The van der Waals surface area contributed by atoms with Gasteiger partial charge in [-0.1, -0.05) is 18.7 Å². The fourth-order valence-electron chi connectivity index (χ4n) is 3.29. The number of thiazole rings is 1. The summed E-state index contributed by atoms with van der Waals surface area (Å²) in [5.41, 5.74) is 1.48. The molecule has 2 aromatic heterocycles. The summed E-state index contributed by atoms with van der Waals surface area (Å²) in [6.07, 6.45) is 8.90. The van der Waals surface area contributed by atoms with Gasteiger partial charge in [-0.2, -0.15) is 0 Å². The molecule has 0 aliphatic heterocycles. The average molecular weight is 407 g/mol. The van der Waals surface area contributed by atoms with E-state index < -0.39 is 5.41 Å². The topological polar surface area (TPSA) is 73.3 Å². The van der Waals surface area contributed by atoms with Crippen molar-refractivity contribution in [2.45, 2.75) is 24.7 Å². The van der Waals surface area contributed by atoms with E-state index in [4.69, 9.17) is 9.47 Å². The molecule has 1 aliphatic carbocycles. The lowest BCUT2D eigenvalue weighted by atomic mass is 9.95. The van der Waals surface area contributed by atoms with E-state index >= 15 is 0 Å². The lowest BCUT2D eigenvalue weighted by molar-refractivity contribution is -0.118. The van der Waals surface area contributed by atoms with Gasteiger partial charge in [0.05, 0.1) is 18.8 Å². The molecule has 2 heterocycles. The largest absolute Gasteiger partial charge is 0.497 e. The molecule has 4 rings (SSSR count). The first-order chi connectivity index (χ1) is 14.1. The number of carbonyl (C=O) groups excluding carboxylic acids is 1. The highest BCUT2D eigenvalue weighted by molar-refractivity contribution is 7.15. The molecule has 1 aromatic carbocycles. The predicted octanol–water partition coefficient (Wildman–Crippen LogP) is 4.33. The van der Waals surface area contributed by atoms with E-state index in [2.05, 4.69) is 21.9 Å². The molecule has 1 saturated carbocycles. The summed E-state index contributed by atoms with van der Waals surface area (Å²) in [5, 5.41) is 3.59. The Morgan fingerprint density at radius 2 is 2.07 bits per heavy atom. The van der Waals surface area contributed by atoms with E-state index in [0.717, 1.165) is 34.6 Å². The molecule has 0 radical (unpaired) electrons. The number of ether oxygens (including phenoxy) is 2. The smallest absolute Gasteiger partial charge is 0.236 e. The molecule has 3 aromatic rings. The molecule has 7 heteroatoms. The van der Waals surface area contributed by atoms with Crippen molar-refractivity contribution in [3.05, 3.63) is 77.8 Å². The number of aromatic nitrogens is 2. The Labute approximate surface area is 173 Å². The highest BCUT2D eigenvalue weighted by Crippen LogP contribution is 2.49. The summed E-state index contributed by atoms with van der Waals surface area (Å²) >= 11 is 1.46. The number of nitrogens with one attached hydrogen (secondary N) is 1. The number of methoxy groups -OCH3 is 1. The molecule has 0 atom stereocenters. The highest BCUT2D eigenvalue weighted by Gasteiger charge is 2.51. The Balaban J connectivity index is 1.45. The zero-order valence-electron chi connectivity index (χ0n) is 16.1. The second-order valence-electron chi connectivity index (χ2n) is 6.84. The van der Waals surface area contributed by atoms with Crippen LogP contribution in [0.25, 0.3) is 0 Å². The van der Waals surface area contributed by atoms with E-state index in [9.17, 15) is 4.79 Å². The molecule has 1 amide bonds. The molecule has 0 spiro atoms. The van der Waals surface area contributed by atoms with Gasteiger partial charge in [-0.25, -0.2) is 4.98 Å². The minimum atomic E-state index is -0.466. The van der Waals surface area contributed by atoms with Gasteiger partial charge in [-0.05, 0) is 36.6 Å². The van der Waals surface area contributed by atoms with E-state index in [0.29, 0.717) is 17.3 Å². The first-order valence-corrected chi connectivity index (χ1v) is 10.1. The Kier molecular flexibility index (Phi) is 5.31. The number of carbonyl (C=O) groups is 1. The zero-order valence-corrected chi connectivity index (χ0v) is 16.9. The molecule has 1 N–H and O–H groups in total. The van der Waals surface area contributed by atoms with Crippen LogP contribution < -0.4 is 14.8 Å². The van der Waals surface area contributed by atoms with Gasteiger partial charge in [0.25, 0.3) is 0 Å². The number of rotatable bonds is 8. The lowest BCUT2D eigenvalue weighted by Gasteiger charge is -2.15. The van der Waals surface area contributed by atoms with Crippen LogP contribution >= 0.6 is 11.3 Å². The standard InChI is InChI=1S/C22H21N3O3S/c1-3-28-19-8-11-23-13-15(19)12-18-14-24-21(29-18)25-20(26)22(9-10-22)16-4-6-17(27-2)7-5-16/h3-8,11,13-14H,1,9-10,12H2,2H3,(H,24,25,26). The molecule has 29 heavy (non-hydrogen) atoms. The SMILES string of the molecule is C=COc1ccncc1Cc1cnc(NC(=O)C2(c3ccc(OC)cc3)CC2)s1. The van der Waals surface area contributed by atoms with Crippen molar-refractivity contribution in [3.63, 3.8) is 0 Å². The molecular formula is C22H21N3O3S. The van der Waals surface area contributed by atoms with Crippen molar-refractivity contribution < 1.29 is 14.3 Å². The van der Waals surface area contributed by atoms with Crippen LogP contribution in [0.5, 0.6) is 11.5 Å². The Morgan fingerprint density at radius 1 is 1.28 bits per heavy atom. The maximum Gasteiger partial charge on any atom is 0.236 e. The van der Waals surface area contributed by atoms with Gasteiger partial charge in [0, 0.05) is 35.5 Å². The fraction of sp³-hybridized carbons (Fsp3) is 0.227. The second kappa shape index (κ2) is 8.05. The molecule has 0 bridgehead atoms. The van der Waals surface area contributed by atoms with Crippen molar-refractivity contribution in [1.29, 1.82) is 0 Å². The molecule has 0 unspecified atom stereocenters. The van der Waals surface area contributed by atoms with Crippen LogP contribution in [-0.4, -0.2) is 23.0 Å². The number of hydrogen-bond donors (Lipinski definition) is 1. The van der Waals surface area contributed by atoms with Crippen LogP contribution in [0.15, 0.2) is 61.8 Å². The van der Waals surface area contributed by atoms with Gasteiger partial charge < -0.3 is 14.8 Å². The number of benzene rings is 1. The van der Waals surface area contributed by atoms with Crippen molar-refractivity contribution in [3.8, 4) is 11.5 Å². The van der Waals surface area contributed by atoms with E-state index in [1.165, 1.54) is 17.6 Å². The number of pyridine rings is 1. The first kappa shape index (κ1) is 19.1. The van der Waals surface area contributed by atoms with Crippen LogP contribution in [0.4, 0.5) is 5.13 Å². The van der Waals surface area contributed by atoms with Crippen LogP contribution in [0, 0.1) is 0 Å². The lowest BCUT2D eigenvalue weighted by Crippen LogP contribution is -2.27. The summed E-state index contributed by atoms with van der Waals surface area (Å²) in [7, 11) is 1.63. The summed E-state index contributed by atoms with van der Waals surface area (Å²) in [4.78, 5) is 22.5. The molecular weight excluding hydrogens is 386 g/mol. The maximum absolute atomic E-state index is 12.9. The van der Waals surface area contributed by atoms with Gasteiger partial charge >= 0.3 is 0 Å². The fourth-order valence-corrected chi connectivity index (χ4v) is 4.12. The quantitative estimate of drug-likeness (QED) is 0.563. The van der Waals surface area contributed by atoms with Crippen molar-refractivity contribution in [2.24, 2.45) is 0 Å². The van der Waals surface area contributed by atoms with Gasteiger partial charge in [0.1, 0.15) is 11.5 Å². The number of hydrogen-bond acceptors (Lipinski definition) is 6. The monoisotopic (exact) mass is 407 g/mol. The molecule has 1 aliphatic rings. The normalized spacial score (nSPS) is 14.1. The molecule has 0 saturated heterocycles. The van der Waals surface area contributed by atoms with Gasteiger partial charge in [-0.15, -0.1) is 11.3 Å². The number of amides is 1. The first-order valence-electron chi connectivity index (χ1n) is 9.26. The van der Waals surface area contributed by atoms with Crippen molar-refractivity contribution in [1.82, 2.24) is 9.97 Å². The summed E-state index contributed by atoms with van der Waals surface area (Å²) in [6.45, 7) is 3.60. The minimum absolute atomic E-state index is 0.0133. The maximum atomic E-state index is 12.9. The molecule has 148 valence electrons. The summed E-state index contributed by atoms with van der Waals surface area (Å²) in [6, 6.07) is 9.50. The minimum Gasteiger partial charge on any atom is -0.497 e. The Bertz CT molecular complexity index is 1030. The van der Waals surface area contributed by atoms with E-state index in [1.807, 2.05) is 24.3 Å². The average Bonchev–Trinajstić information content (AvgIpc) is 3.45. The zero-order chi connectivity index (χ0) is 20.3. The number of anilines is 1. The summed E-state index contributed by atoms with van der Waals surface area (Å²) < 4.78 is 10.6. The van der Waals surface area contributed by atoms with Gasteiger partial charge in [0.2, 0.25) is 5.91 Å². The Morgan fingerprint density at radius 3 is 2.76 bits per heavy atom. The van der Waals surface area contributed by atoms with Gasteiger partial charge in [0.15, 0.2) is 5.13 Å². The van der Waals surface area contributed by atoms with E-state index in [1.54, 1.807) is 31.8 Å². The second-order valence-corrected chi connectivity index (χ2v) is 7.96. The van der Waals surface area contributed by atoms with Crippen LogP contribution in [0.3, 0.4) is 0 Å². The van der Waals surface area contributed by atoms with Crippen molar-refractivity contribution in [2.75, 3.05) is 12.4 Å². The van der Waals surface area contributed by atoms with E-state index in [-0.39, 0.29) is 5.91 Å². The third-order valence-corrected chi connectivity index (χ3v) is 5.95. The summed E-state index contributed by atoms with van der Waals surface area (Å²) in [5.74, 6) is 1.48. The molecule has 1 fully saturated rings. The third kappa shape index (κ3) is 4.00. The Hall–Kier alpha value is -3.19. The van der Waals surface area contributed by atoms with Crippen LogP contribution in [0.2, 0.25) is 0 Å². The van der Waals surface area contributed by atoms with Crippen LogP contribution in [-0.2, 0) is 16.6 Å². The molecule has 6 nitrogen and oxygen atoms in total. The van der Waals surface area contributed by atoms with Gasteiger partial charge in [-0.3, -0.25) is 9.78 Å². The number of nitrogens with zero attached hydrogens (tertiary/aromatic N) is 2. The third-order valence-electron chi connectivity index (χ3n) is 5.04. The predicted molar refractivity (Wildman–Crippen MR) is 113 cm³/mol. The van der Waals surface area contributed by atoms with Crippen molar-refractivity contribution >= 4 is 22.4 Å². The van der Waals surface area contributed by atoms with Crippen LogP contribution in [0.1, 0.15) is 28.8 Å². The highest BCUT2D eigenvalue weighted by atomic mass is 32.1.